The lowest BCUT2D eigenvalue weighted by Crippen LogP contribution is -2.43. The second-order valence-corrected chi connectivity index (χ2v) is 10.7. The van der Waals surface area contributed by atoms with E-state index in [2.05, 4.69) is 26.9 Å². The topological polar surface area (TPSA) is 111 Å². The van der Waals surface area contributed by atoms with Crippen LogP contribution >= 0.6 is 0 Å². The van der Waals surface area contributed by atoms with Gasteiger partial charge in [-0.1, -0.05) is 13.3 Å². The fourth-order valence-electron chi connectivity index (χ4n) is 4.29. The summed E-state index contributed by atoms with van der Waals surface area (Å²) in [5.41, 5.74) is 7.51. The first-order chi connectivity index (χ1) is 16.6. The van der Waals surface area contributed by atoms with Gasteiger partial charge in [-0.25, -0.2) is 14.3 Å². The number of amides is 1. The number of hydrogen-bond donors (Lipinski definition) is 1. The molecule has 2 aromatic heterocycles. The maximum atomic E-state index is 12.1. The van der Waals surface area contributed by atoms with E-state index in [1.54, 1.807) is 16.5 Å². The number of aromatic nitrogens is 4. The molecule has 0 saturated carbocycles. The molecule has 0 aromatic carbocycles. The molecule has 1 saturated heterocycles. The van der Waals surface area contributed by atoms with E-state index in [0.717, 1.165) is 63.9 Å². The molecule has 0 radical (unpaired) electrons. The molecule has 0 unspecified atom stereocenters. The number of anilines is 1. The number of likely N-dealkylation sites (tertiary alicyclic amines) is 1. The van der Waals surface area contributed by atoms with E-state index in [4.69, 9.17) is 15.2 Å². The van der Waals surface area contributed by atoms with E-state index >= 15 is 0 Å². The van der Waals surface area contributed by atoms with Crippen molar-refractivity contribution < 1.29 is 14.3 Å². The first-order valence-corrected chi connectivity index (χ1v) is 12.9. The Morgan fingerprint density at radius 1 is 1.31 bits per heavy atom. The summed E-state index contributed by atoms with van der Waals surface area (Å²) in [6.45, 7) is 13.6. The zero-order valence-corrected chi connectivity index (χ0v) is 22.3. The summed E-state index contributed by atoms with van der Waals surface area (Å²) in [6.07, 6.45) is 7.56. The summed E-state index contributed by atoms with van der Waals surface area (Å²) in [4.78, 5) is 24.9. The largest absolute Gasteiger partial charge is 0.459 e. The molecule has 3 heterocycles. The number of carbonyl (C=O) groups excluding carboxylic acids is 1. The molecular formula is C25H43N7O3. The van der Waals surface area contributed by atoms with E-state index in [1.165, 1.54) is 0 Å². The normalized spacial score (nSPS) is 16.4. The first kappa shape index (κ1) is 27.0. The van der Waals surface area contributed by atoms with Gasteiger partial charge >= 0.3 is 12.1 Å². The first-order valence-electron chi connectivity index (χ1n) is 12.9. The molecule has 196 valence electrons. The van der Waals surface area contributed by atoms with E-state index in [9.17, 15) is 4.79 Å². The van der Waals surface area contributed by atoms with Crippen LogP contribution < -0.4 is 10.5 Å². The Labute approximate surface area is 209 Å². The average molecular weight is 490 g/mol. The van der Waals surface area contributed by atoms with Crippen LogP contribution in [-0.4, -0.2) is 80.4 Å². The lowest BCUT2D eigenvalue weighted by atomic mass is 9.92. The van der Waals surface area contributed by atoms with Crippen molar-refractivity contribution in [2.45, 2.75) is 84.8 Å². The minimum atomic E-state index is -0.262. The van der Waals surface area contributed by atoms with Crippen molar-refractivity contribution in [1.82, 2.24) is 29.4 Å². The van der Waals surface area contributed by atoms with Gasteiger partial charge in [-0.05, 0) is 78.8 Å². The molecule has 10 heteroatoms. The van der Waals surface area contributed by atoms with Crippen molar-refractivity contribution in [2.75, 3.05) is 39.0 Å². The van der Waals surface area contributed by atoms with Gasteiger partial charge < -0.3 is 25.0 Å². The van der Waals surface area contributed by atoms with Gasteiger partial charge in [-0.3, -0.25) is 0 Å². The number of hydrogen-bond acceptors (Lipinski definition) is 8. The van der Waals surface area contributed by atoms with Crippen LogP contribution in [0.1, 0.15) is 72.4 Å². The zero-order valence-electron chi connectivity index (χ0n) is 22.3. The van der Waals surface area contributed by atoms with E-state index < -0.39 is 0 Å². The summed E-state index contributed by atoms with van der Waals surface area (Å²) < 4.78 is 13.1. The minimum absolute atomic E-state index is 0.0380. The molecule has 0 spiro atoms. The van der Waals surface area contributed by atoms with Crippen molar-refractivity contribution >= 4 is 17.6 Å². The Balaban J connectivity index is 1.46. The van der Waals surface area contributed by atoms with Crippen LogP contribution in [0.25, 0.3) is 5.65 Å². The van der Waals surface area contributed by atoms with Crippen LogP contribution in [0.4, 0.5) is 10.6 Å². The molecule has 1 fully saturated rings. The monoisotopic (exact) mass is 489 g/mol. The fourth-order valence-corrected chi connectivity index (χ4v) is 4.29. The van der Waals surface area contributed by atoms with Crippen LogP contribution in [0.5, 0.6) is 6.01 Å². The van der Waals surface area contributed by atoms with E-state index in [-0.39, 0.29) is 17.7 Å². The third-order valence-electron chi connectivity index (χ3n) is 6.77. The predicted molar refractivity (Wildman–Crippen MR) is 137 cm³/mol. The standard InChI is InChI=1S/C25H43N7O3/c1-7-9-18(2)35-23-28-21(26)22-27-17-20(32(22)29-23)16-19-10-13-31(14-11-19)12-8-15-34-24(33)30(6)25(3,4)5/h17-19H,7-16H2,1-6H3,(H2,26,28,29)/t18-/m0/s1. The quantitative estimate of drug-likeness (QED) is 0.502. The van der Waals surface area contributed by atoms with Crippen LogP contribution in [-0.2, 0) is 11.2 Å². The number of nitrogen functional groups attached to an aromatic ring is 1. The Morgan fingerprint density at radius 2 is 2.03 bits per heavy atom. The molecule has 3 rings (SSSR count). The van der Waals surface area contributed by atoms with Gasteiger partial charge in [-0.15, -0.1) is 5.10 Å². The lowest BCUT2D eigenvalue weighted by molar-refractivity contribution is 0.0760. The number of nitrogens with two attached hydrogens (primary N) is 1. The fraction of sp³-hybridized carbons (Fsp3) is 0.760. The summed E-state index contributed by atoms with van der Waals surface area (Å²) in [6, 6.07) is 0.305. The van der Waals surface area contributed by atoms with Crippen LogP contribution in [0, 0.1) is 5.92 Å². The summed E-state index contributed by atoms with van der Waals surface area (Å²) >= 11 is 0. The van der Waals surface area contributed by atoms with Gasteiger partial charge in [0.15, 0.2) is 11.5 Å². The number of imidazole rings is 1. The molecule has 1 atom stereocenters. The maximum absolute atomic E-state index is 12.1. The van der Waals surface area contributed by atoms with Crippen molar-refractivity contribution in [1.29, 1.82) is 0 Å². The smallest absolute Gasteiger partial charge is 0.409 e. The molecule has 0 aliphatic carbocycles. The number of ether oxygens (including phenoxy) is 2. The molecular weight excluding hydrogens is 446 g/mol. The Kier molecular flexibility index (Phi) is 9.15. The van der Waals surface area contributed by atoms with Crippen molar-refractivity contribution in [3.8, 4) is 6.01 Å². The number of rotatable bonds is 10. The SMILES string of the molecule is CCC[C@H](C)Oc1nc(N)c2ncc(CC3CCN(CCCOC(=O)N(C)C(C)(C)C)CC3)n2n1. The lowest BCUT2D eigenvalue weighted by Gasteiger charge is -2.32. The Bertz CT molecular complexity index is 964. The number of piperidine rings is 1. The highest BCUT2D eigenvalue weighted by atomic mass is 16.6. The summed E-state index contributed by atoms with van der Waals surface area (Å²) in [5.74, 6) is 0.901. The van der Waals surface area contributed by atoms with Crippen LogP contribution in [0.2, 0.25) is 0 Å². The predicted octanol–water partition coefficient (Wildman–Crippen LogP) is 3.79. The average Bonchev–Trinajstić information content (AvgIpc) is 3.19. The second-order valence-electron chi connectivity index (χ2n) is 10.7. The highest BCUT2D eigenvalue weighted by Gasteiger charge is 2.24. The molecule has 1 aliphatic heterocycles. The zero-order chi connectivity index (χ0) is 25.6. The van der Waals surface area contributed by atoms with Gasteiger partial charge in [0, 0.05) is 19.1 Å². The molecule has 1 amide bonds. The van der Waals surface area contributed by atoms with Crippen LogP contribution in [0.15, 0.2) is 6.20 Å². The summed E-state index contributed by atoms with van der Waals surface area (Å²) in [5, 5.41) is 4.58. The van der Waals surface area contributed by atoms with Gasteiger partial charge in [0.1, 0.15) is 0 Å². The highest BCUT2D eigenvalue weighted by Crippen LogP contribution is 2.24. The Hall–Kier alpha value is -2.62. The van der Waals surface area contributed by atoms with Gasteiger partial charge in [0.25, 0.3) is 0 Å². The number of nitrogens with zero attached hydrogens (tertiary/aromatic N) is 6. The van der Waals surface area contributed by atoms with Gasteiger partial charge in [0.05, 0.1) is 24.6 Å². The molecule has 1 aliphatic rings. The second kappa shape index (κ2) is 11.9. The molecule has 2 aromatic rings. The van der Waals surface area contributed by atoms with E-state index in [0.29, 0.717) is 30.0 Å². The van der Waals surface area contributed by atoms with Crippen molar-refractivity contribution in [2.24, 2.45) is 5.92 Å². The third-order valence-corrected chi connectivity index (χ3v) is 6.77. The van der Waals surface area contributed by atoms with Gasteiger partial charge in [0.2, 0.25) is 0 Å². The molecule has 2 N–H and O–H groups in total. The van der Waals surface area contributed by atoms with Crippen molar-refractivity contribution in [3.63, 3.8) is 0 Å². The van der Waals surface area contributed by atoms with E-state index in [1.807, 2.05) is 33.9 Å². The Morgan fingerprint density at radius 3 is 2.69 bits per heavy atom. The number of carbonyl (C=O) groups is 1. The maximum Gasteiger partial charge on any atom is 0.409 e. The molecule has 10 nitrogen and oxygen atoms in total. The summed E-state index contributed by atoms with van der Waals surface area (Å²) in [7, 11) is 1.78. The highest BCUT2D eigenvalue weighted by molar-refractivity contribution is 5.68. The number of fused-ring (bicyclic) bond motifs is 1. The minimum Gasteiger partial charge on any atom is -0.459 e. The molecule has 0 bridgehead atoms. The van der Waals surface area contributed by atoms with Crippen LogP contribution in [0.3, 0.4) is 0 Å². The van der Waals surface area contributed by atoms with Gasteiger partial charge in [-0.2, -0.15) is 4.98 Å². The van der Waals surface area contributed by atoms with Crippen molar-refractivity contribution in [3.05, 3.63) is 11.9 Å². The molecule has 35 heavy (non-hydrogen) atoms. The third kappa shape index (κ3) is 7.43.